The van der Waals surface area contributed by atoms with Gasteiger partial charge in [0.25, 0.3) is 5.91 Å². The molecule has 1 amide bonds. The number of aromatic amines is 1. The van der Waals surface area contributed by atoms with Gasteiger partial charge in [0.2, 0.25) is 5.82 Å². The molecule has 1 atom stereocenters. The Morgan fingerprint density at radius 3 is 2.95 bits per heavy atom. The molecule has 2 N–H and O–H groups in total. The molecule has 0 unspecified atom stereocenters. The molecule has 1 aliphatic heterocycles. The lowest BCUT2D eigenvalue weighted by Gasteiger charge is -2.22. The highest BCUT2D eigenvalue weighted by Gasteiger charge is 2.19. The van der Waals surface area contributed by atoms with Crippen LogP contribution in [0.15, 0.2) is 30.3 Å². The molecule has 1 aromatic carbocycles. The van der Waals surface area contributed by atoms with E-state index in [-0.39, 0.29) is 17.8 Å². The lowest BCUT2D eigenvalue weighted by Crippen LogP contribution is -2.41. The van der Waals surface area contributed by atoms with Crippen LogP contribution in [0.2, 0.25) is 0 Å². The molecular weight excluding hydrogens is 256 g/mol. The Balaban J connectivity index is 1.68. The molecule has 1 saturated heterocycles. The molecule has 20 heavy (non-hydrogen) atoms. The minimum absolute atomic E-state index is 0.0570. The number of hydrogen-bond acceptors (Lipinski definition) is 4. The lowest BCUT2D eigenvalue weighted by atomic mass is 10.1. The maximum atomic E-state index is 12.1. The standard InChI is InChI=1S/C14H16N4O2/c19-14(15-11-7-4-8-20-9-11)13-16-12(17-18-13)10-5-2-1-3-6-10/h1-3,5-6,11H,4,7-9H2,(H,15,19)(H,16,17,18)/t11-/m0/s1. The Hall–Kier alpha value is -2.21. The molecule has 1 fully saturated rings. The highest BCUT2D eigenvalue weighted by molar-refractivity contribution is 5.91. The summed E-state index contributed by atoms with van der Waals surface area (Å²) in [6.45, 7) is 1.33. The third kappa shape index (κ3) is 2.85. The Labute approximate surface area is 116 Å². The number of carbonyl (C=O) groups excluding carboxylic acids is 1. The molecule has 2 aromatic rings. The van der Waals surface area contributed by atoms with E-state index < -0.39 is 0 Å². The molecule has 0 radical (unpaired) electrons. The van der Waals surface area contributed by atoms with Gasteiger partial charge in [0.1, 0.15) is 0 Å². The number of amides is 1. The SMILES string of the molecule is O=C(N[C@H]1CCCOC1)c1nc(-c2ccccc2)n[nH]1. The van der Waals surface area contributed by atoms with Crippen LogP contribution in [0.3, 0.4) is 0 Å². The van der Waals surface area contributed by atoms with Gasteiger partial charge in [-0.25, -0.2) is 4.98 Å². The minimum atomic E-state index is -0.241. The number of nitrogens with zero attached hydrogens (tertiary/aromatic N) is 2. The third-order valence-corrected chi connectivity index (χ3v) is 3.23. The number of hydrogen-bond donors (Lipinski definition) is 2. The van der Waals surface area contributed by atoms with E-state index in [0.717, 1.165) is 25.0 Å². The summed E-state index contributed by atoms with van der Waals surface area (Å²) in [5.74, 6) is 0.514. The van der Waals surface area contributed by atoms with Crippen LogP contribution in [-0.2, 0) is 4.74 Å². The average Bonchev–Trinajstić information content (AvgIpc) is 2.99. The van der Waals surface area contributed by atoms with Crippen LogP contribution in [0, 0.1) is 0 Å². The van der Waals surface area contributed by atoms with Crippen LogP contribution in [0.1, 0.15) is 23.5 Å². The zero-order valence-electron chi connectivity index (χ0n) is 11.0. The van der Waals surface area contributed by atoms with Gasteiger partial charge in [-0.3, -0.25) is 9.89 Å². The summed E-state index contributed by atoms with van der Waals surface area (Å²) in [5.41, 5.74) is 0.879. The number of carbonyl (C=O) groups is 1. The second kappa shape index (κ2) is 5.83. The Morgan fingerprint density at radius 1 is 1.35 bits per heavy atom. The van der Waals surface area contributed by atoms with Crippen LogP contribution in [-0.4, -0.2) is 40.3 Å². The topological polar surface area (TPSA) is 79.9 Å². The van der Waals surface area contributed by atoms with Gasteiger partial charge in [0.05, 0.1) is 12.6 Å². The number of ether oxygens (including phenoxy) is 1. The van der Waals surface area contributed by atoms with Gasteiger partial charge >= 0.3 is 0 Å². The van der Waals surface area contributed by atoms with Crippen LogP contribution >= 0.6 is 0 Å². The molecule has 2 heterocycles. The summed E-state index contributed by atoms with van der Waals surface area (Å²) < 4.78 is 5.33. The van der Waals surface area contributed by atoms with Gasteiger partial charge in [0.15, 0.2) is 5.82 Å². The summed E-state index contributed by atoms with van der Waals surface area (Å²) in [7, 11) is 0. The Bertz CT molecular complexity index is 576. The van der Waals surface area contributed by atoms with Crippen molar-refractivity contribution in [1.29, 1.82) is 0 Å². The number of nitrogens with one attached hydrogen (secondary N) is 2. The molecule has 1 aliphatic rings. The van der Waals surface area contributed by atoms with Crippen molar-refractivity contribution in [2.75, 3.05) is 13.2 Å². The highest BCUT2D eigenvalue weighted by atomic mass is 16.5. The molecule has 6 nitrogen and oxygen atoms in total. The molecule has 1 aromatic heterocycles. The molecule has 0 bridgehead atoms. The van der Waals surface area contributed by atoms with Crippen molar-refractivity contribution in [1.82, 2.24) is 20.5 Å². The fourth-order valence-electron chi connectivity index (χ4n) is 2.19. The second-order valence-corrected chi connectivity index (χ2v) is 4.76. The van der Waals surface area contributed by atoms with Gasteiger partial charge in [0, 0.05) is 12.2 Å². The predicted octanol–water partition coefficient (Wildman–Crippen LogP) is 1.38. The van der Waals surface area contributed by atoms with Crippen molar-refractivity contribution in [2.24, 2.45) is 0 Å². The third-order valence-electron chi connectivity index (χ3n) is 3.23. The number of aromatic nitrogens is 3. The van der Waals surface area contributed by atoms with Crippen LogP contribution in [0.5, 0.6) is 0 Å². The van der Waals surface area contributed by atoms with Gasteiger partial charge in [-0.05, 0) is 12.8 Å². The quantitative estimate of drug-likeness (QED) is 0.884. The summed E-state index contributed by atoms with van der Waals surface area (Å²) in [6, 6.07) is 9.60. The van der Waals surface area contributed by atoms with E-state index in [1.807, 2.05) is 30.3 Å². The second-order valence-electron chi connectivity index (χ2n) is 4.76. The molecule has 104 valence electrons. The summed E-state index contributed by atoms with van der Waals surface area (Å²) in [5, 5.41) is 9.65. The molecule has 6 heteroatoms. The van der Waals surface area contributed by atoms with Gasteiger partial charge in [-0.2, -0.15) is 5.10 Å². The molecular formula is C14H16N4O2. The predicted molar refractivity (Wildman–Crippen MR) is 73.1 cm³/mol. The van der Waals surface area contributed by atoms with Crippen LogP contribution in [0.25, 0.3) is 11.4 Å². The normalized spacial score (nSPS) is 18.7. The zero-order chi connectivity index (χ0) is 13.8. The van der Waals surface area contributed by atoms with E-state index >= 15 is 0 Å². The smallest absolute Gasteiger partial charge is 0.288 e. The Morgan fingerprint density at radius 2 is 2.20 bits per heavy atom. The van der Waals surface area contributed by atoms with Crippen LogP contribution in [0.4, 0.5) is 0 Å². The lowest BCUT2D eigenvalue weighted by molar-refractivity contribution is 0.0619. The van der Waals surface area contributed by atoms with Crippen molar-refractivity contribution in [3.8, 4) is 11.4 Å². The van der Waals surface area contributed by atoms with Gasteiger partial charge in [-0.1, -0.05) is 30.3 Å². The monoisotopic (exact) mass is 272 g/mol. The molecule has 0 aliphatic carbocycles. The van der Waals surface area contributed by atoms with E-state index in [1.165, 1.54) is 0 Å². The molecule has 0 saturated carbocycles. The highest BCUT2D eigenvalue weighted by Crippen LogP contribution is 2.13. The van der Waals surface area contributed by atoms with E-state index in [9.17, 15) is 4.79 Å². The fourth-order valence-corrected chi connectivity index (χ4v) is 2.19. The minimum Gasteiger partial charge on any atom is -0.379 e. The van der Waals surface area contributed by atoms with Crippen molar-refractivity contribution >= 4 is 5.91 Å². The van der Waals surface area contributed by atoms with Crippen molar-refractivity contribution in [2.45, 2.75) is 18.9 Å². The summed E-state index contributed by atoms with van der Waals surface area (Å²) >= 11 is 0. The summed E-state index contributed by atoms with van der Waals surface area (Å²) in [6.07, 6.45) is 1.90. The van der Waals surface area contributed by atoms with E-state index in [0.29, 0.717) is 12.4 Å². The first kappa shape index (κ1) is 12.8. The van der Waals surface area contributed by atoms with E-state index in [4.69, 9.17) is 4.74 Å². The average molecular weight is 272 g/mol. The Kier molecular flexibility index (Phi) is 3.73. The van der Waals surface area contributed by atoms with Crippen molar-refractivity contribution in [3.63, 3.8) is 0 Å². The molecule has 0 spiro atoms. The summed E-state index contributed by atoms with van der Waals surface area (Å²) in [4.78, 5) is 16.3. The fraction of sp³-hybridized carbons (Fsp3) is 0.357. The largest absolute Gasteiger partial charge is 0.379 e. The first-order valence-corrected chi connectivity index (χ1v) is 6.69. The van der Waals surface area contributed by atoms with Crippen LogP contribution < -0.4 is 5.32 Å². The number of H-pyrrole nitrogens is 1. The molecule has 3 rings (SSSR count). The number of benzene rings is 1. The first-order valence-electron chi connectivity index (χ1n) is 6.69. The zero-order valence-corrected chi connectivity index (χ0v) is 11.0. The number of rotatable bonds is 3. The van der Waals surface area contributed by atoms with E-state index in [2.05, 4.69) is 20.5 Å². The van der Waals surface area contributed by atoms with Gasteiger partial charge in [-0.15, -0.1) is 0 Å². The first-order chi connectivity index (χ1) is 9.83. The maximum absolute atomic E-state index is 12.1. The van der Waals surface area contributed by atoms with Crippen molar-refractivity contribution in [3.05, 3.63) is 36.2 Å². The van der Waals surface area contributed by atoms with Gasteiger partial charge < -0.3 is 10.1 Å². The van der Waals surface area contributed by atoms with E-state index in [1.54, 1.807) is 0 Å². The maximum Gasteiger partial charge on any atom is 0.288 e. The van der Waals surface area contributed by atoms with Crippen molar-refractivity contribution < 1.29 is 9.53 Å².